The number of hydrogen-bond acceptors (Lipinski definition) is 8. The van der Waals surface area contributed by atoms with Crippen molar-refractivity contribution in [2.75, 3.05) is 53.3 Å². The lowest BCUT2D eigenvalue weighted by Gasteiger charge is -2.14. The summed E-state index contributed by atoms with van der Waals surface area (Å²) in [7, 11) is 9.30. The van der Waals surface area contributed by atoms with E-state index in [9.17, 15) is 9.59 Å². The van der Waals surface area contributed by atoms with Crippen LogP contribution in [0.1, 0.15) is 11.1 Å². The molecule has 0 spiro atoms. The first-order chi connectivity index (χ1) is 22.3. The fourth-order valence-corrected chi connectivity index (χ4v) is 4.55. The van der Waals surface area contributed by atoms with Gasteiger partial charge < -0.3 is 39.1 Å². The van der Waals surface area contributed by atoms with Gasteiger partial charge in [-0.1, -0.05) is 24.3 Å². The number of methoxy groups -OCH3 is 6. The van der Waals surface area contributed by atoms with E-state index < -0.39 is 0 Å². The lowest BCUT2D eigenvalue weighted by atomic mass is 10.0. The monoisotopic (exact) mass is 624 g/mol. The second kappa shape index (κ2) is 15.7. The molecular formula is C36H36N2O8. The van der Waals surface area contributed by atoms with E-state index in [0.717, 1.165) is 22.3 Å². The first kappa shape index (κ1) is 33.0. The lowest BCUT2D eigenvalue weighted by molar-refractivity contribution is -0.112. The molecule has 0 aliphatic rings. The number of nitrogens with one attached hydrogen (secondary N) is 2. The smallest absolute Gasteiger partial charge is 0.248 e. The van der Waals surface area contributed by atoms with Crippen LogP contribution in [0.25, 0.3) is 23.3 Å². The summed E-state index contributed by atoms with van der Waals surface area (Å²) in [5.74, 6) is 2.63. The van der Waals surface area contributed by atoms with Gasteiger partial charge in [-0.3, -0.25) is 9.59 Å². The number of carbonyl (C=O) groups is 2. The molecule has 4 aromatic rings. The molecule has 238 valence electrons. The van der Waals surface area contributed by atoms with Crippen LogP contribution in [-0.2, 0) is 9.59 Å². The Morgan fingerprint density at radius 1 is 0.457 bits per heavy atom. The third-order valence-electron chi connectivity index (χ3n) is 6.92. The maximum Gasteiger partial charge on any atom is 0.248 e. The predicted molar refractivity (Wildman–Crippen MR) is 179 cm³/mol. The van der Waals surface area contributed by atoms with Crippen molar-refractivity contribution in [3.8, 4) is 45.6 Å². The van der Waals surface area contributed by atoms with Gasteiger partial charge >= 0.3 is 0 Å². The number of rotatable bonds is 13. The number of carbonyl (C=O) groups excluding carboxylic acids is 2. The minimum Gasteiger partial charge on any atom is -0.495 e. The van der Waals surface area contributed by atoms with E-state index in [4.69, 9.17) is 28.4 Å². The zero-order valence-corrected chi connectivity index (χ0v) is 26.5. The highest BCUT2D eigenvalue weighted by atomic mass is 16.5. The van der Waals surface area contributed by atoms with Gasteiger partial charge in [0.2, 0.25) is 11.8 Å². The van der Waals surface area contributed by atoms with Gasteiger partial charge in [0, 0.05) is 12.2 Å². The molecule has 4 aromatic carbocycles. The van der Waals surface area contributed by atoms with Crippen molar-refractivity contribution in [1.82, 2.24) is 0 Å². The Kier molecular flexibility index (Phi) is 11.3. The molecule has 2 amide bonds. The summed E-state index contributed by atoms with van der Waals surface area (Å²) in [5.41, 5.74) is 4.20. The maximum atomic E-state index is 12.7. The molecular weight excluding hydrogens is 588 g/mol. The molecule has 10 heteroatoms. The second-order valence-electron chi connectivity index (χ2n) is 9.70. The molecule has 0 radical (unpaired) electrons. The van der Waals surface area contributed by atoms with Crippen LogP contribution in [-0.4, -0.2) is 54.5 Å². The number of anilines is 2. The summed E-state index contributed by atoms with van der Waals surface area (Å²) in [6.45, 7) is 0. The molecule has 0 atom stereocenters. The lowest BCUT2D eigenvalue weighted by Crippen LogP contribution is -2.09. The molecule has 0 aliphatic heterocycles. The number of amides is 2. The predicted octanol–water partition coefficient (Wildman–Crippen LogP) is 6.71. The molecule has 0 bridgehead atoms. The van der Waals surface area contributed by atoms with Gasteiger partial charge in [-0.25, -0.2) is 0 Å². The van der Waals surface area contributed by atoms with Gasteiger partial charge in [-0.2, -0.15) is 0 Å². The van der Waals surface area contributed by atoms with Crippen LogP contribution < -0.4 is 39.1 Å². The highest BCUT2D eigenvalue weighted by molar-refractivity contribution is 6.04. The first-order valence-electron chi connectivity index (χ1n) is 14.1. The Balaban J connectivity index is 1.45. The fourth-order valence-electron chi connectivity index (χ4n) is 4.55. The van der Waals surface area contributed by atoms with Crippen LogP contribution in [0.4, 0.5) is 11.4 Å². The van der Waals surface area contributed by atoms with E-state index in [1.807, 2.05) is 36.4 Å². The highest BCUT2D eigenvalue weighted by Crippen LogP contribution is 2.35. The molecule has 0 unspecified atom stereocenters. The van der Waals surface area contributed by atoms with E-state index in [-0.39, 0.29) is 11.8 Å². The zero-order chi connectivity index (χ0) is 33.1. The Morgan fingerprint density at radius 3 is 1.17 bits per heavy atom. The molecule has 2 N–H and O–H groups in total. The molecule has 10 nitrogen and oxygen atoms in total. The van der Waals surface area contributed by atoms with Gasteiger partial charge in [0.15, 0.2) is 23.0 Å². The number of benzene rings is 4. The second-order valence-corrected chi connectivity index (χ2v) is 9.70. The average molecular weight is 625 g/mol. The van der Waals surface area contributed by atoms with Crippen molar-refractivity contribution in [3.05, 3.63) is 96.1 Å². The van der Waals surface area contributed by atoms with Gasteiger partial charge in [0.05, 0.1) is 54.0 Å². The van der Waals surface area contributed by atoms with Crippen LogP contribution in [0.15, 0.2) is 84.9 Å². The van der Waals surface area contributed by atoms with Gasteiger partial charge in [-0.15, -0.1) is 0 Å². The molecule has 0 saturated carbocycles. The minimum atomic E-state index is -0.331. The van der Waals surface area contributed by atoms with E-state index in [1.54, 1.807) is 77.0 Å². The first-order valence-corrected chi connectivity index (χ1v) is 14.1. The van der Waals surface area contributed by atoms with Crippen molar-refractivity contribution < 1.29 is 38.0 Å². The largest absolute Gasteiger partial charge is 0.495 e. The topological polar surface area (TPSA) is 114 Å². The highest BCUT2D eigenvalue weighted by Gasteiger charge is 2.12. The zero-order valence-electron chi connectivity index (χ0n) is 26.5. The van der Waals surface area contributed by atoms with Crippen LogP contribution in [0.3, 0.4) is 0 Å². The summed E-state index contributed by atoms with van der Waals surface area (Å²) in [5, 5.41) is 5.70. The van der Waals surface area contributed by atoms with Crippen LogP contribution >= 0.6 is 0 Å². The third kappa shape index (κ3) is 8.17. The average Bonchev–Trinajstić information content (AvgIpc) is 3.09. The Labute approximate surface area is 268 Å². The van der Waals surface area contributed by atoms with Gasteiger partial charge in [0.1, 0.15) is 11.5 Å². The minimum absolute atomic E-state index is 0.331. The Bertz CT molecular complexity index is 1630. The van der Waals surface area contributed by atoms with Crippen LogP contribution in [0.2, 0.25) is 0 Å². The van der Waals surface area contributed by atoms with E-state index >= 15 is 0 Å². The molecule has 46 heavy (non-hydrogen) atoms. The van der Waals surface area contributed by atoms with Crippen molar-refractivity contribution in [2.45, 2.75) is 0 Å². The van der Waals surface area contributed by atoms with E-state index in [0.29, 0.717) is 45.9 Å². The number of ether oxygens (including phenoxy) is 6. The summed E-state index contributed by atoms with van der Waals surface area (Å²) in [6, 6.07) is 21.6. The third-order valence-corrected chi connectivity index (χ3v) is 6.92. The quantitative estimate of drug-likeness (QED) is 0.158. The summed E-state index contributed by atoms with van der Waals surface area (Å²) >= 11 is 0. The van der Waals surface area contributed by atoms with Crippen molar-refractivity contribution in [2.24, 2.45) is 0 Å². The normalized spacial score (nSPS) is 10.8. The molecule has 0 fully saturated rings. The molecule has 0 aliphatic carbocycles. The van der Waals surface area contributed by atoms with Crippen LogP contribution in [0.5, 0.6) is 34.5 Å². The van der Waals surface area contributed by atoms with E-state index in [2.05, 4.69) is 10.6 Å². The standard InChI is InChI=1S/C36H36N2O8/c1-41-29-15-7-23(19-33(29)45-5)9-17-35(39)37-27-13-11-25(21-31(27)43-3)26-12-14-28(32(22-26)44-4)38-36(40)18-10-24-8-16-30(42-2)34(20-24)46-6/h7-22H,1-6H3,(H,37,39)(H,38,40). The SMILES string of the molecule is COc1cc(-c2ccc(NC(=O)C=Cc3ccc(OC)c(OC)c3)c(OC)c2)ccc1NC(=O)C=Cc1ccc(OC)c(OC)c1. The molecule has 0 saturated heterocycles. The number of hydrogen-bond donors (Lipinski definition) is 2. The maximum absolute atomic E-state index is 12.7. The van der Waals surface area contributed by atoms with Gasteiger partial charge in [0.25, 0.3) is 0 Å². The van der Waals surface area contributed by atoms with Crippen LogP contribution in [0, 0.1) is 0 Å². The fraction of sp³-hybridized carbons (Fsp3) is 0.167. The van der Waals surface area contributed by atoms with E-state index in [1.165, 1.54) is 26.4 Å². The Morgan fingerprint density at radius 2 is 0.826 bits per heavy atom. The molecule has 0 aromatic heterocycles. The summed E-state index contributed by atoms with van der Waals surface area (Å²) in [6.07, 6.45) is 6.21. The van der Waals surface area contributed by atoms with Crippen molar-refractivity contribution >= 4 is 35.3 Å². The molecule has 4 rings (SSSR count). The Hall–Kier alpha value is -5.90. The van der Waals surface area contributed by atoms with Crippen molar-refractivity contribution in [1.29, 1.82) is 0 Å². The van der Waals surface area contributed by atoms with Gasteiger partial charge in [-0.05, 0) is 82.9 Å². The van der Waals surface area contributed by atoms with Crippen molar-refractivity contribution in [3.63, 3.8) is 0 Å². The molecule has 0 heterocycles. The summed E-state index contributed by atoms with van der Waals surface area (Å²) in [4.78, 5) is 25.4. The summed E-state index contributed by atoms with van der Waals surface area (Å²) < 4.78 is 32.3.